The summed E-state index contributed by atoms with van der Waals surface area (Å²) in [5.74, 6) is 0.829. The van der Waals surface area contributed by atoms with E-state index in [1.54, 1.807) is 18.2 Å². The van der Waals surface area contributed by atoms with Crippen LogP contribution in [0.5, 0.6) is 0 Å². The quantitative estimate of drug-likeness (QED) is 0.344. The Kier molecular flexibility index (Phi) is 10.2. The lowest BCUT2D eigenvalue weighted by atomic mass is 10.2. The van der Waals surface area contributed by atoms with E-state index in [1.807, 2.05) is 24.5 Å². The second kappa shape index (κ2) is 12.4. The predicted octanol–water partition coefficient (Wildman–Crippen LogP) is 3.96. The number of hydrogen-bond acceptors (Lipinski definition) is 6. The Bertz CT molecular complexity index is 987. The Balaban J connectivity index is 2.35. The van der Waals surface area contributed by atoms with E-state index in [4.69, 9.17) is 0 Å². The van der Waals surface area contributed by atoms with E-state index in [1.165, 1.54) is 16.1 Å². The number of unbranched alkanes of at least 4 members (excludes halogenated alkanes) is 1. The van der Waals surface area contributed by atoms with Gasteiger partial charge < -0.3 is 5.32 Å². The van der Waals surface area contributed by atoms with Crippen LogP contribution in [0.25, 0.3) is 11.4 Å². The van der Waals surface area contributed by atoms with Gasteiger partial charge in [-0.25, -0.2) is 8.42 Å². The fourth-order valence-corrected chi connectivity index (χ4v) is 5.62. The van der Waals surface area contributed by atoms with Crippen molar-refractivity contribution in [1.29, 1.82) is 0 Å². The Morgan fingerprint density at radius 1 is 1.19 bits per heavy atom. The number of sulfonamides is 1. The molecule has 1 unspecified atom stereocenters. The van der Waals surface area contributed by atoms with Crippen LogP contribution in [0.4, 0.5) is 0 Å². The van der Waals surface area contributed by atoms with E-state index in [-0.39, 0.29) is 22.6 Å². The zero-order valence-corrected chi connectivity index (χ0v) is 21.3. The van der Waals surface area contributed by atoms with Crippen LogP contribution in [0.3, 0.4) is 0 Å². The summed E-state index contributed by atoms with van der Waals surface area (Å²) < 4.78 is 29.4. The van der Waals surface area contributed by atoms with Crippen LogP contribution in [0, 0.1) is 0 Å². The molecule has 0 bridgehead atoms. The van der Waals surface area contributed by atoms with Gasteiger partial charge in [-0.15, -0.1) is 10.2 Å². The SMILES string of the molecule is CCCCNC(=O)CSc1nnc(-c2cccc(S(=O)(=O)N(CC)CC)c2)n1C(C)CC. The smallest absolute Gasteiger partial charge is 0.243 e. The maximum absolute atomic E-state index is 13.0. The zero-order chi connectivity index (χ0) is 23.7. The molecule has 1 aromatic carbocycles. The van der Waals surface area contributed by atoms with E-state index in [2.05, 4.69) is 36.3 Å². The average molecular weight is 482 g/mol. The third-order valence-corrected chi connectivity index (χ3v) is 8.31. The van der Waals surface area contributed by atoms with Gasteiger partial charge >= 0.3 is 0 Å². The highest BCUT2D eigenvalue weighted by atomic mass is 32.2. The summed E-state index contributed by atoms with van der Waals surface area (Å²) in [5.41, 5.74) is 0.685. The first-order chi connectivity index (χ1) is 15.3. The standard InChI is InChI=1S/C22H35N5O3S2/c1-6-10-14-23-20(28)16-31-22-25-24-21(27(22)17(5)7-2)18-12-11-13-19(15-18)32(29,30)26(8-3)9-4/h11-13,15,17H,6-10,14,16H2,1-5H3,(H,23,28). The van der Waals surface area contributed by atoms with E-state index < -0.39 is 10.0 Å². The van der Waals surface area contributed by atoms with Gasteiger partial charge in [-0.05, 0) is 31.9 Å². The molecule has 1 aromatic heterocycles. The van der Waals surface area contributed by atoms with Gasteiger partial charge in [0, 0.05) is 31.2 Å². The van der Waals surface area contributed by atoms with E-state index in [0.717, 1.165) is 19.3 Å². The number of hydrogen-bond donors (Lipinski definition) is 1. The molecule has 0 aliphatic heterocycles. The number of rotatable bonds is 13. The van der Waals surface area contributed by atoms with Gasteiger partial charge in [-0.3, -0.25) is 9.36 Å². The lowest BCUT2D eigenvalue weighted by molar-refractivity contribution is -0.118. The molecule has 0 saturated carbocycles. The highest BCUT2D eigenvalue weighted by molar-refractivity contribution is 7.99. The summed E-state index contributed by atoms with van der Waals surface area (Å²) >= 11 is 1.35. The molecule has 178 valence electrons. The third-order valence-electron chi connectivity index (χ3n) is 5.32. The number of nitrogens with one attached hydrogen (secondary N) is 1. The molecule has 1 amide bonds. The minimum Gasteiger partial charge on any atom is -0.355 e. The molecule has 32 heavy (non-hydrogen) atoms. The maximum atomic E-state index is 13.0. The molecular weight excluding hydrogens is 446 g/mol. The van der Waals surface area contributed by atoms with Gasteiger partial charge in [0.2, 0.25) is 15.9 Å². The van der Waals surface area contributed by atoms with Crippen molar-refractivity contribution in [1.82, 2.24) is 24.4 Å². The minimum atomic E-state index is -3.58. The molecule has 8 nitrogen and oxygen atoms in total. The number of benzene rings is 1. The molecule has 2 aromatic rings. The Hall–Kier alpha value is -1.91. The molecule has 0 radical (unpaired) electrons. The maximum Gasteiger partial charge on any atom is 0.243 e. The predicted molar refractivity (Wildman–Crippen MR) is 129 cm³/mol. The van der Waals surface area contributed by atoms with Gasteiger partial charge in [0.25, 0.3) is 0 Å². The van der Waals surface area contributed by atoms with E-state index in [0.29, 0.717) is 36.2 Å². The summed E-state index contributed by atoms with van der Waals surface area (Å²) in [7, 11) is -3.58. The highest BCUT2D eigenvalue weighted by Gasteiger charge is 2.24. The van der Waals surface area contributed by atoms with Crippen LogP contribution in [0.2, 0.25) is 0 Å². The van der Waals surface area contributed by atoms with Crippen LogP contribution in [0.15, 0.2) is 34.3 Å². The summed E-state index contributed by atoms with van der Waals surface area (Å²) in [5, 5.41) is 12.3. The van der Waals surface area contributed by atoms with Gasteiger partial charge in [-0.2, -0.15) is 4.31 Å². The summed E-state index contributed by atoms with van der Waals surface area (Å²) in [6.07, 6.45) is 2.83. The minimum absolute atomic E-state index is 0.0315. The van der Waals surface area contributed by atoms with Gasteiger partial charge in [-0.1, -0.05) is 58.0 Å². The lowest BCUT2D eigenvalue weighted by Gasteiger charge is -2.19. The second-order valence-electron chi connectivity index (χ2n) is 7.54. The number of aromatic nitrogens is 3. The fraction of sp³-hybridized carbons (Fsp3) is 0.591. The summed E-state index contributed by atoms with van der Waals surface area (Å²) in [6, 6.07) is 6.93. The molecule has 1 atom stereocenters. The lowest BCUT2D eigenvalue weighted by Crippen LogP contribution is -2.30. The van der Waals surface area contributed by atoms with Crippen molar-refractivity contribution in [3.63, 3.8) is 0 Å². The first kappa shape index (κ1) is 26.3. The fourth-order valence-electron chi connectivity index (χ4n) is 3.25. The van der Waals surface area contributed by atoms with E-state index >= 15 is 0 Å². The Labute approximate surface area is 196 Å². The molecule has 10 heteroatoms. The molecule has 1 N–H and O–H groups in total. The number of amides is 1. The van der Waals surface area contributed by atoms with Crippen molar-refractivity contribution in [3.8, 4) is 11.4 Å². The molecule has 1 heterocycles. The largest absolute Gasteiger partial charge is 0.355 e. The first-order valence-electron chi connectivity index (χ1n) is 11.2. The molecule has 0 aliphatic rings. The molecule has 0 aliphatic carbocycles. The Morgan fingerprint density at radius 3 is 2.53 bits per heavy atom. The van der Waals surface area contributed by atoms with Crippen molar-refractivity contribution < 1.29 is 13.2 Å². The summed E-state index contributed by atoms with van der Waals surface area (Å²) in [6.45, 7) is 11.4. The van der Waals surface area contributed by atoms with Crippen LogP contribution in [-0.2, 0) is 14.8 Å². The van der Waals surface area contributed by atoms with Crippen LogP contribution in [-0.4, -0.2) is 58.8 Å². The number of thioether (sulfide) groups is 1. The van der Waals surface area contributed by atoms with E-state index in [9.17, 15) is 13.2 Å². The monoisotopic (exact) mass is 481 g/mol. The van der Waals surface area contributed by atoms with Crippen LogP contribution < -0.4 is 5.32 Å². The highest BCUT2D eigenvalue weighted by Crippen LogP contribution is 2.30. The van der Waals surface area contributed by atoms with Crippen molar-refractivity contribution in [2.24, 2.45) is 0 Å². The van der Waals surface area contributed by atoms with Gasteiger partial charge in [0.15, 0.2) is 11.0 Å². The van der Waals surface area contributed by atoms with Gasteiger partial charge in [0.1, 0.15) is 0 Å². The number of carbonyl (C=O) groups excluding carboxylic acids is 1. The Morgan fingerprint density at radius 2 is 1.91 bits per heavy atom. The molecule has 2 rings (SSSR count). The van der Waals surface area contributed by atoms with Crippen molar-refractivity contribution in [2.45, 2.75) is 70.0 Å². The number of nitrogens with zero attached hydrogens (tertiary/aromatic N) is 4. The van der Waals surface area contributed by atoms with Crippen molar-refractivity contribution >= 4 is 27.7 Å². The van der Waals surface area contributed by atoms with Crippen LogP contribution in [0.1, 0.15) is 59.9 Å². The molecule has 0 saturated heterocycles. The van der Waals surface area contributed by atoms with Gasteiger partial charge in [0.05, 0.1) is 10.6 Å². The average Bonchev–Trinajstić information content (AvgIpc) is 3.22. The topological polar surface area (TPSA) is 97.2 Å². The van der Waals surface area contributed by atoms with Crippen molar-refractivity contribution in [2.75, 3.05) is 25.4 Å². The molecule has 0 fully saturated rings. The molecule has 0 spiro atoms. The number of carbonyl (C=O) groups is 1. The first-order valence-corrected chi connectivity index (χ1v) is 13.7. The van der Waals surface area contributed by atoms with Crippen molar-refractivity contribution in [3.05, 3.63) is 24.3 Å². The summed E-state index contributed by atoms with van der Waals surface area (Å²) in [4.78, 5) is 12.4. The second-order valence-corrected chi connectivity index (χ2v) is 10.4. The molecular formula is C22H35N5O3S2. The van der Waals surface area contributed by atoms with Crippen LogP contribution >= 0.6 is 11.8 Å². The third kappa shape index (κ3) is 6.32. The normalized spacial score (nSPS) is 12.8. The zero-order valence-electron chi connectivity index (χ0n) is 19.7.